The van der Waals surface area contributed by atoms with Gasteiger partial charge in [0, 0.05) is 23.1 Å². The maximum Gasteiger partial charge on any atom is 0.142 e. The van der Waals surface area contributed by atoms with Crippen molar-refractivity contribution in [3.05, 3.63) is 22.7 Å². The molecule has 4 heteroatoms. The van der Waals surface area contributed by atoms with Crippen LogP contribution in [0.3, 0.4) is 0 Å². The Hall–Kier alpha value is -0.740. The average Bonchev–Trinajstić information content (AvgIpc) is 2.44. The van der Waals surface area contributed by atoms with Crippen LogP contribution < -0.4 is 15.0 Å². The van der Waals surface area contributed by atoms with Crippen LogP contribution in [0.5, 0.6) is 5.75 Å². The standard InChI is InChI=1S/C16H25BrN2O/c1-5-18-14-8-9-19(12(3)11(14)2)15-10-13(17)6-7-16(15)20-4/h6-7,10-12,14,18H,5,8-9H2,1-4H3. The number of ether oxygens (including phenoxy) is 1. The predicted molar refractivity (Wildman–Crippen MR) is 88.7 cm³/mol. The maximum absolute atomic E-state index is 5.53. The van der Waals surface area contributed by atoms with E-state index in [2.05, 4.69) is 53.0 Å². The quantitative estimate of drug-likeness (QED) is 0.904. The minimum absolute atomic E-state index is 0.496. The topological polar surface area (TPSA) is 24.5 Å². The molecule has 0 radical (unpaired) electrons. The molecule has 3 unspecified atom stereocenters. The fourth-order valence-corrected chi connectivity index (χ4v) is 3.49. The largest absolute Gasteiger partial charge is 0.495 e. The number of anilines is 1. The van der Waals surface area contributed by atoms with Gasteiger partial charge in [0.15, 0.2) is 0 Å². The lowest BCUT2D eigenvalue weighted by molar-refractivity contribution is 0.272. The fourth-order valence-electron chi connectivity index (χ4n) is 3.14. The molecule has 1 fully saturated rings. The van der Waals surface area contributed by atoms with Crippen LogP contribution in [0.4, 0.5) is 5.69 Å². The van der Waals surface area contributed by atoms with Crippen LogP contribution in [0.2, 0.25) is 0 Å². The van der Waals surface area contributed by atoms with E-state index in [9.17, 15) is 0 Å². The molecule has 112 valence electrons. The van der Waals surface area contributed by atoms with Crippen LogP contribution in [-0.4, -0.2) is 32.3 Å². The number of halogens is 1. The van der Waals surface area contributed by atoms with Gasteiger partial charge in [-0.3, -0.25) is 0 Å². The number of rotatable bonds is 4. The highest BCUT2D eigenvalue weighted by Crippen LogP contribution is 2.36. The molecule has 3 atom stereocenters. The SMILES string of the molecule is CCNC1CCN(c2cc(Br)ccc2OC)C(C)C1C. The Balaban J connectivity index is 2.24. The first kappa shape index (κ1) is 15.6. The molecule has 3 nitrogen and oxygen atoms in total. The zero-order chi connectivity index (χ0) is 14.7. The van der Waals surface area contributed by atoms with Crippen LogP contribution in [0.25, 0.3) is 0 Å². The number of piperidine rings is 1. The van der Waals surface area contributed by atoms with Crippen molar-refractivity contribution in [2.45, 2.75) is 39.3 Å². The van der Waals surface area contributed by atoms with Gasteiger partial charge in [-0.1, -0.05) is 29.8 Å². The second kappa shape index (κ2) is 6.81. The number of benzene rings is 1. The van der Waals surface area contributed by atoms with E-state index in [1.54, 1.807) is 7.11 Å². The molecular weight excluding hydrogens is 316 g/mol. The first-order chi connectivity index (χ1) is 9.58. The van der Waals surface area contributed by atoms with Gasteiger partial charge in [-0.15, -0.1) is 0 Å². The minimum Gasteiger partial charge on any atom is -0.495 e. The minimum atomic E-state index is 0.496. The van der Waals surface area contributed by atoms with Crippen molar-refractivity contribution >= 4 is 21.6 Å². The molecule has 20 heavy (non-hydrogen) atoms. The molecule has 0 aromatic heterocycles. The smallest absolute Gasteiger partial charge is 0.142 e. The first-order valence-electron chi connectivity index (χ1n) is 7.42. The number of nitrogens with zero attached hydrogens (tertiary/aromatic N) is 1. The summed E-state index contributed by atoms with van der Waals surface area (Å²) in [5.41, 5.74) is 1.19. The molecule has 1 aliphatic rings. The summed E-state index contributed by atoms with van der Waals surface area (Å²) in [6.45, 7) is 8.95. The molecule has 1 heterocycles. The normalized spacial score (nSPS) is 26.6. The van der Waals surface area contributed by atoms with E-state index in [-0.39, 0.29) is 0 Å². The van der Waals surface area contributed by atoms with Gasteiger partial charge in [0.1, 0.15) is 5.75 Å². The Morgan fingerprint density at radius 3 is 2.80 bits per heavy atom. The summed E-state index contributed by atoms with van der Waals surface area (Å²) in [7, 11) is 1.74. The van der Waals surface area contributed by atoms with Gasteiger partial charge in [-0.25, -0.2) is 0 Å². The summed E-state index contributed by atoms with van der Waals surface area (Å²) in [6, 6.07) is 7.34. The second-order valence-electron chi connectivity index (χ2n) is 5.56. The number of hydrogen-bond acceptors (Lipinski definition) is 3. The molecule has 1 saturated heterocycles. The zero-order valence-electron chi connectivity index (χ0n) is 12.8. The van der Waals surface area contributed by atoms with E-state index >= 15 is 0 Å². The van der Waals surface area contributed by atoms with Crippen molar-refractivity contribution in [2.75, 3.05) is 25.1 Å². The van der Waals surface area contributed by atoms with Gasteiger partial charge in [0.05, 0.1) is 12.8 Å². The van der Waals surface area contributed by atoms with Crippen molar-refractivity contribution in [1.82, 2.24) is 5.32 Å². The van der Waals surface area contributed by atoms with E-state index in [1.807, 2.05) is 12.1 Å². The van der Waals surface area contributed by atoms with Gasteiger partial charge in [0.25, 0.3) is 0 Å². The van der Waals surface area contributed by atoms with Crippen molar-refractivity contribution < 1.29 is 4.74 Å². The van der Waals surface area contributed by atoms with Crippen molar-refractivity contribution in [1.29, 1.82) is 0 Å². The monoisotopic (exact) mass is 340 g/mol. The Bertz CT molecular complexity index is 452. The van der Waals surface area contributed by atoms with Crippen LogP contribution in [-0.2, 0) is 0 Å². The molecule has 2 rings (SSSR count). The Morgan fingerprint density at radius 2 is 2.15 bits per heavy atom. The van der Waals surface area contributed by atoms with E-state index in [1.165, 1.54) is 12.1 Å². The molecule has 0 amide bonds. The highest BCUT2D eigenvalue weighted by Gasteiger charge is 2.33. The zero-order valence-corrected chi connectivity index (χ0v) is 14.4. The van der Waals surface area contributed by atoms with Crippen LogP contribution in [0.15, 0.2) is 22.7 Å². The molecular formula is C16H25BrN2O. The van der Waals surface area contributed by atoms with E-state index in [0.717, 1.165) is 23.3 Å². The number of nitrogens with one attached hydrogen (secondary N) is 1. The van der Waals surface area contributed by atoms with E-state index < -0.39 is 0 Å². The summed E-state index contributed by atoms with van der Waals surface area (Å²) in [5.74, 6) is 1.57. The summed E-state index contributed by atoms with van der Waals surface area (Å²) in [5, 5.41) is 3.61. The highest BCUT2D eigenvalue weighted by molar-refractivity contribution is 9.10. The Morgan fingerprint density at radius 1 is 1.40 bits per heavy atom. The summed E-state index contributed by atoms with van der Waals surface area (Å²) in [4.78, 5) is 2.47. The van der Waals surface area contributed by atoms with E-state index in [4.69, 9.17) is 4.74 Å². The molecule has 0 bridgehead atoms. The van der Waals surface area contributed by atoms with Crippen LogP contribution in [0.1, 0.15) is 27.2 Å². The van der Waals surface area contributed by atoms with E-state index in [0.29, 0.717) is 18.0 Å². The molecule has 1 aliphatic heterocycles. The maximum atomic E-state index is 5.53. The predicted octanol–water partition coefficient (Wildman–Crippen LogP) is 3.67. The lowest BCUT2D eigenvalue weighted by Gasteiger charge is -2.44. The van der Waals surface area contributed by atoms with Gasteiger partial charge in [-0.2, -0.15) is 0 Å². The first-order valence-corrected chi connectivity index (χ1v) is 8.21. The molecule has 1 N–H and O–H groups in total. The number of methoxy groups -OCH3 is 1. The third kappa shape index (κ3) is 3.12. The summed E-state index contributed by atoms with van der Waals surface area (Å²) in [6.07, 6.45) is 1.18. The molecule has 0 aliphatic carbocycles. The van der Waals surface area contributed by atoms with Crippen molar-refractivity contribution in [3.8, 4) is 5.75 Å². The fraction of sp³-hybridized carbons (Fsp3) is 0.625. The van der Waals surface area contributed by atoms with Gasteiger partial charge in [0.2, 0.25) is 0 Å². The lowest BCUT2D eigenvalue weighted by atomic mass is 9.86. The Labute approximate surface area is 130 Å². The Kier molecular flexibility index (Phi) is 5.33. The van der Waals surface area contributed by atoms with Crippen molar-refractivity contribution in [2.24, 2.45) is 5.92 Å². The summed E-state index contributed by atoms with van der Waals surface area (Å²) >= 11 is 3.57. The van der Waals surface area contributed by atoms with Gasteiger partial charge < -0.3 is 15.0 Å². The molecule has 1 aromatic carbocycles. The highest BCUT2D eigenvalue weighted by atomic mass is 79.9. The van der Waals surface area contributed by atoms with Crippen LogP contribution in [0, 0.1) is 5.92 Å². The average molecular weight is 341 g/mol. The second-order valence-corrected chi connectivity index (χ2v) is 6.48. The molecule has 1 aromatic rings. The molecule has 0 saturated carbocycles. The lowest BCUT2D eigenvalue weighted by Crippen LogP contribution is -2.53. The third-order valence-corrected chi connectivity index (χ3v) is 4.98. The summed E-state index contributed by atoms with van der Waals surface area (Å²) < 4.78 is 6.63. The van der Waals surface area contributed by atoms with Gasteiger partial charge in [-0.05, 0) is 44.0 Å². The number of hydrogen-bond donors (Lipinski definition) is 1. The van der Waals surface area contributed by atoms with Gasteiger partial charge >= 0.3 is 0 Å². The van der Waals surface area contributed by atoms with Crippen LogP contribution >= 0.6 is 15.9 Å². The van der Waals surface area contributed by atoms with Crippen molar-refractivity contribution in [3.63, 3.8) is 0 Å². The molecule has 0 spiro atoms. The third-order valence-electron chi connectivity index (χ3n) is 4.48.